The van der Waals surface area contributed by atoms with Crippen molar-refractivity contribution >= 4 is 11.9 Å². The zero-order valence-electron chi connectivity index (χ0n) is 12.4. The number of hydrogen-bond donors (Lipinski definition) is 2. The van der Waals surface area contributed by atoms with E-state index < -0.39 is 11.5 Å². The molecule has 1 heterocycles. The van der Waals surface area contributed by atoms with Gasteiger partial charge in [0.1, 0.15) is 11.3 Å². The number of aliphatic carboxylic acids is 1. The van der Waals surface area contributed by atoms with Crippen LogP contribution >= 0.6 is 0 Å². The molecule has 0 saturated carbocycles. The normalized spacial score (nSPS) is 21.5. The molecule has 5 nitrogen and oxygen atoms in total. The second kappa shape index (κ2) is 5.76. The SMILES string of the molecule is CCCC1(C(=O)O)CCCN1C(=O)c1ccc(C)c(O)c1. The first-order valence-electron chi connectivity index (χ1n) is 7.27. The molecular formula is C16H21NO4. The Balaban J connectivity index is 2.36. The van der Waals surface area contributed by atoms with E-state index in [0.717, 1.165) is 0 Å². The number of carboxylic acids is 1. The first kappa shape index (κ1) is 15.4. The molecule has 1 aromatic rings. The number of carbonyl (C=O) groups is 2. The minimum absolute atomic E-state index is 0.0523. The standard InChI is InChI=1S/C16H21NO4/c1-3-7-16(15(20)21)8-4-9-17(16)14(19)12-6-5-11(2)13(18)10-12/h5-6,10,18H,3-4,7-9H2,1-2H3,(H,20,21). The van der Waals surface area contributed by atoms with Crippen LogP contribution in [0.25, 0.3) is 0 Å². The van der Waals surface area contributed by atoms with Crippen molar-refractivity contribution in [2.45, 2.75) is 45.1 Å². The van der Waals surface area contributed by atoms with Gasteiger partial charge >= 0.3 is 5.97 Å². The van der Waals surface area contributed by atoms with E-state index in [9.17, 15) is 19.8 Å². The fraction of sp³-hybridized carbons (Fsp3) is 0.500. The topological polar surface area (TPSA) is 77.8 Å². The van der Waals surface area contributed by atoms with Crippen molar-refractivity contribution in [2.75, 3.05) is 6.54 Å². The average Bonchev–Trinajstić information content (AvgIpc) is 2.86. The monoisotopic (exact) mass is 291 g/mol. The zero-order chi connectivity index (χ0) is 15.6. The molecule has 1 atom stereocenters. The van der Waals surface area contributed by atoms with Crippen LogP contribution in [-0.2, 0) is 4.79 Å². The number of phenols is 1. The molecule has 1 aliphatic heterocycles. The van der Waals surface area contributed by atoms with Crippen molar-refractivity contribution in [1.29, 1.82) is 0 Å². The van der Waals surface area contributed by atoms with E-state index in [1.807, 2.05) is 6.92 Å². The van der Waals surface area contributed by atoms with Gasteiger partial charge in [-0.2, -0.15) is 0 Å². The van der Waals surface area contributed by atoms with Gasteiger partial charge < -0.3 is 15.1 Å². The highest BCUT2D eigenvalue weighted by Crippen LogP contribution is 2.35. The molecule has 1 fully saturated rings. The maximum absolute atomic E-state index is 12.7. The molecule has 0 radical (unpaired) electrons. The van der Waals surface area contributed by atoms with Crippen LogP contribution < -0.4 is 0 Å². The number of amides is 1. The summed E-state index contributed by atoms with van der Waals surface area (Å²) in [7, 11) is 0. The van der Waals surface area contributed by atoms with E-state index in [4.69, 9.17) is 0 Å². The molecule has 0 aliphatic carbocycles. The van der Waals surface area contributed by atoms with Crippen molar-refractivity contribution in [3.63, 3.8) is 0 Å². The predicted octanol–water partition coefficient (Wildman–Crippen LogP) is 2.56. The van der Waals surface area contributed by atoms with E-state index in [-0.39, 0.29) is 11.7 Å². The summed E-state index contributed by atoms with van der Waals surface area (Å²) in [6.07, 6.45) is 2.33. The third kappa shape index (κ3) is 2.60. The molecule has 1 saturated heterocycles. The van der Waals surface area contributed by atoms with Gasteiger partial charge in [-0.3, -0.25) is 4.79 Å². The van der Waals surface area contributed by atoms with Crippen molar-refractivity contribution in [3.05, 3.63) is 29.3 Å². The number of likely N-dealkylation sites (tertiary alicyclic amines) is 1. The molecular weight excluding hydrogens is 270 g/mol. The lowest BCUT2D eigenvalue weighted by Gasteiger charge is -2.34. The summed E-state index contributed by atoms with van der Waals surface area (Å²) in [6, 6.07) is 4.71. The summed E-state index contributed by atoms with van der Waals surface area (Å²) in [5, 5.41) is 19.4. The molecule has 0 spiro atoms. The van der Waals surface area contributed by atoms with E-state index in [0.29, 0.717) is 43.4 Å². The second-order valence-electron chi connectivity index (χ2n) is 5.65. The minimum atomic E-state index is -1.10. The third-order valence-electron chi connectivity index (χ3n) is 4.25. The maximum Gasteiger partial charge on any atom is 0.329 e. The van der Waals surface area contributed by atoms with E-state index in [1.54, 1.807) is 19.1 Å². The van der Waals surface area contributed by atoms with Gasteiger partial charge in [-0.15, -0.1) is 0 Å². The van der Waals surface area contributed by atoms with Gasteiger partial charge in [-0.05, 0) is 43.9 Å². The Morgan fingerprint density at radius 1 is 1.38 bits per heavy atom. The van der Waals surface area contributed by atoms with Gasteiger partial charge in [-0.25, -0.2) is 4.79 Å². The molecule has 2 N–H and O–H groups in total. The second-order valence-corrected chi connectivity index (χ2v) is 5.65. The van der Waals surface area contributed by atoms with Crippen LogP contribution in [0, 0.1) is 6.92 Å². The van der Waals surface area contributed by atoms with Gasteiger partial charge in [-0.1, -0.05) is 19.4 Å². The Hall–Kier alpha value is -2.04. The van der Waals surface area contributed by atoms with E-state index in [2.05, 4.69) is 0 Å². The zero-order valence-corrected chi connectivity index (χ0v) is 12.4. The van der Waals surface area contributed by atoms with Crippen LogP contribution in [0.2, 0.25) is 0 Å². The van der Waals surface area contributed by atoms with Gasteiger partial charge in [0.2, 0.25) is 0 Å². The summed E-state index contributed by atoms with van der Waals surface area (Å²) >= 11 is 0. The van der Waals surface area contributed by atoms with Crippen LogP contribution in [0.5, 0.6) is 5.75 Å². The van der Waals surface area contributed by atoms with Gasteiger partial charge in [0.15, 0.2) is 0 Å². The summed E-state index contributed by atoms with van der Waals surface area (Å²) in [4.78, 5) is 25.9. The van der Waals surface area contributed by atoms with Crippen LogP contribution in [0.4, 0.5) is 0 Å². The molecule has 21 heavy (non-hydrogen) atoms. The predicted molar refractivity (Wildman–Crippen MR) is 78.4 cm³/mol. The smallest absolute Gasteiger partial charge is 0.329 e. The largest absolute Gasteiger partial charge is 0.508 e. The van der Waals surface area contributed by atoms with Crippen LogP contribution in [0.3, 0.4) is 0 Å². The average molecular weight is 291 g/mol. The number of aryl methyl sites for hydroxylation is 1. The lowest BCUT2D eigenvalue weighted by atomic mass is 9.90. The number of phenolic OH excluding ortho intramolecular Hbond substituents is 1. The minimum Gasteiger partial charge on any atom is -0.508 e. The Labute approximate surface area is 124 Å². The van der Waals surface area contributed by atoms with Crippen LogP contribution in [0.15, 0.2) is 18.2 Å². The molecule has 114 valence electrons. The molecule has 1 aromatic carbocycles. The molecule has 5 heteroatoms. The number of benzene rings is 1. The Kier molecular flexibility index (Phi) is 4.21. The molecule has 1 amide bonds. The first-order valence-corrected chi connectivity index (χ1v) is 7.27. The van der Waals surface area contributed by atoms with E-state index >= 15 is 0 Å². The lowest BCUT2D eigenvalue weighted by Crippen LogP contribution is -2.53. The highest BCUT2D eigenvalue weighted by molar-refractivity contribution is 5.98. The summed E-state index contributed by atoms with van der Waals surface area (Å²) in [6.45, 7) is 4.11. The number of carboxylic acid groups (broad SMARTS) is 1. The number of nitrogens with zero attached hydrogens (tertiary/aromatic N) is 1. The quantitative estimate of drug-likeness (QED) is 0.893. The fourth-order valence-electron chi connectivity index (χ4n) is 3.08. The fourth-order valence-corrected chi connectivity index (χ4v) is 3.08. The van der Waals surface area contributed by atoms with Crippen LogP contribution in [0.1, 0.15) is 48.5 Å². The number of aromatic hydroxyl groups is 1. The molecule has 0 bridgehead atoms. The Bertz CT molecular complexity index is 569. The third-order valence-corrected chi connectivity index (χ3v) is 4.25. The summed E-state index contributed by atoms with van der Waals surface area (Å²) in [5.41, 5.74) is -0.0838. The van der Waals surface area contributed by atoms with Crippen molar-refractivity contribution < 1.29 is 19.8 Å². The van der Waals surface area contributed by atoms with Crippen molar-refractivity contribution in [2.24, 2.45) is 0 Å². The maximum atomic E-state index is 12.7. The van der Waals surface area contributed by atoms with Crippen molar-refractivity contribution in [3.8, 4) is 5.75 Å². The molecule has 0 aromatic heterocycles. The number of rotatable bonds is 4. The molecule has 1 aliphatic rings. The van der Waals surface area contributed by atoms with Gasteiger partial charge in [0, 0.05) is 12.1 Å². The lowest BCUT2D eigenvalue weighted by molar-refractivity contribution is -0.148. The van der Waals surface area contributed by atoms with Crippen molar-refractivity contribution in [1.82, 2.24) is 4.90 Å². The van der Waals surface area contributed by atoms with Crippen LogP contribution in [-0.4, -0.2) is 39.1 Å². The highest BCUT2D eigenvalue weighted by atomic mass is 16.4. The Morgan fingerprint density at radius 2 is 2.10 bits per heavy atom. The number of carbonyl (C=O) groups excluding carboxylic acids is 1. The Morgan fingerprint density at radius 3 is 2.67 bits per heavy atom. The van der Waals surface area contributed by atoms with E-state index in [1.165, 1.54) is 11.0 Å². The van der Waals surface area contributed by atoms with Gasteiger partial charge in [0.05, 0.1) is 0 Å². The van der Waals surface area contributed by atoms with Gasteiger partial charge in [0.25, 0.3) is 5.91 Å². The summed E-state index contributed by atoms with van der Waals surface area (Å²) in [5.74, 6) is -1.21. The number of hydrogen-bond acceptors (Lipinski definition) is 3. The molecule has 2 rings (SSSR count). The molecule has 1 unspecified atom stereocenters. The first-order chi connectivity index (χ1) is 9.92. The highest BCUT2D eigenvalue weighted by Gasteiger charge is 2.49. The summed E-state index contributed by atoms with van der Waals surface area (Å²) < 4.78 is 0.